The van der Waals surface area contributed by atoms with Crippen LogP contribution in [0.4, 0.5) is 0 Å². The number of nitrogens with one attached hydrogen (secondary N) is 1. The summed E-state index contributed by atoms with van der Waals surface area (Å²) in [7, 11) is 0. The zero-order valence-electron chi connectivity index (χ0n) is 17.6. The van der Waals surface area contributed by atoms with Gasteiger partial charge in [0.15, 0.2) is 0 Å². The van der Waals surface area contributed by atoms with Crippen molar-refractivity contribution in [1.82, 2.24) is 14.9 Å². The van der Waals surface area contributed by atoms with E-state index in [0.717, 1.165) is 22.6 Å². The summed E-state index contributed by atoms with van der Waals surface area (Å²) in [6.45, 7) is 12.8. The average Bonchev–Trinajstić information content (AvgIpc) is 3.07. The fourth-order valence-corrected chi connectivity index (χ4v) is 3.38. The van der Waals surface area contributed by atoms with Crippen LogP contribution in [0.15, 0.2) is 60.7 Å². The van der Waals surface area contributed by atoms with Crippen molar-refractivity contribution in [2.75, 3.05) is 6.61 Å². The third-order valence-electron chi connectivity index (χ3n) is 4.92. The van der Waals surface area contributed by atoms with E-state index in [2.05, 4.69) is 36.4 Å². The summed E-state index contributed by atoms with van der Waals surface area (Å²) in [6.07, 6.45) is 0. The highest BCUT2D eigenvalue weighted by Gasteiger charge is 2.18. The maximum absolute atomic E-state index is 12.1. The molecule has 3 aromatic rings. The molecule has 0 saturated heterocycles. The highest BCUT2D eigenvalue weighted by Crippen LogP contribution is 2.26. The molecule has 29 heavy (non-hydrogen) atoms. The fraction of sp³-hybridized carbons (Fsp3) is 0.333. The van der Waals surface area contributed by atoms with E-state index < -0.39 is 0 Å². The Morgan fingerprint density at radius 3 is 2.55 bits per heavy atom. The molecular weight excluding hydrogens is 362 g/mol. The molecule has 152 valence electrons. The summed E-state index contributed by atoms with van der Waals surface area (Å²) in [5.74, 6) is 1.95. The number of nitrogens with zero attached hydrogens (tertiary/aromatic N) is 2. The standard InChI is InChI=1S/C24H29N3O2/c1-16(2)19-10-6-9-13-22(19)29-15-14-27-21-12-8-7-11-20(21)26-23(27)18(5)25-24(28)17(3)4/h6-13,16,18H,3,14-15H2,1-2,4-5H3,(H,25,28). The molecular formula is C24H29N3O2. The Bertz CT molecular complexity index is 1020. The number of hydrogen-bond acceptors (Lipinski definition) is 3. The van der Waals surface area contributed by atoms with Crippen molar-refractivity contribution in [2.45, 2.75) is 46.2 Å². The van der Waals surface area contributed by atoms with Crippen LogP contribution in [0.25, 0.3) is 11.0 Å². The van der Waals surface area contributed by atoms with E-state index in [1.54, 1.807) is 6.92 Å². The van der Waals surface area contributed by atoms with Gasteiger partial charge < -0.3 is 14.6 Å². The van der Waals surface area contributed by atoms with Crippen molar-refractivity contribution in [1.29, 1.82) is 0 Å². The number of carbonyl (C=O) groups excluding carboxylic acids is 1. The highest BCUT2D eigenvalue weighted by atomic mass is 16.5. The minimum absolute atomic E-state index is 0.168. The molecule has 1 atom stereocenters. The smallest absolute Gasteiger partial charge is 0.246 e. The van der Waals surface area contributed by atoms with Gasteiger partial charge in [-0.1, -0.05) is 50.8 Å². The largest absolute Gasteiger partial charge is 0.491 e. The predicted molar refractivity (Wildman–Crippen MR) is 117 cm³/mol. The zero-order valence-corrected chi connectivity index (χ0v) is 17.6. The van der Waals surface area contributed by atoms with Gasteiger partial charge in [0, 0.05) is 5.57 Å². The summed E-state index contributed by atoms with van der Waals surface area (Å²) < 4.78 is 8.25. The van der Waals surface area contributed by atoms with E-state index in [9.17, 15) is 4.79 Å². The molecule has 0 aliphatic heterocycles. The molecule has 0 bridgehead atoms. The number of benzene rings is 2. The molecule has 0 aliphatic rings. The van der Waals surface area contributed by atoms with Crippen LogP contribution in [0.1, 0.15) is 51.0 Å². The first-order valence-electron chi connectivity index (χ1n) is 10.0. The van der Waals surface area contributed by atoms with Crippen molar-refractivity contribution in [3.8, 4) is 5.75 Å². The normalized spacial score (nSPS) is 12.2. The van der Waals surface area contributed by atoms with Gasteiger partial charge in [0.25, 0.3) is 0 Å². The summed E-state index contributed by atoms with van der Waals surface area (Å²) in [6, 6.07) is 15.9. The molecule has 5 heteroatoms. The number of carbonyl (C=O) groups is 1. The first-order chi connectivity index (χ1) is 13.9. The molecule has 3 rings (SSSR count). The molecule has 1 heterocycles. The Labute approximate surface area is 172 Å². The number of aromatic nitrogens is 2. The van der Waals surface area contributed by atoms with Crippen molar-refractivity contribution in [3.05, 3.63) is 72.1 Å². The molecule has 0 spiro atoms. The fourth-order valence-electron chi connectivity index (χ4n) is 3.38. The van der Waals surface area contributed by atoms with E-state index in [0.29, 0.717) is 24.6 Å². The lowest BCUT2D eigenvalue weighted by Crippen LogP contribution is -2.29. The van der Waals surface area contributed by atoms with Gasteiger partial charge in [-0.25, -0.2) is 4.98 Å². The Hall–Kier alpha value is -3.08. The third kappa shape index (κ3) is 4.67. The van der Waals surface area contributed by atoms with Gasteiger partial charge in [0.1, 0.15) is 18.2 Å². The topological polar surface area (TPSA) is 56.2 Å². The maximum atomic E-state index is 12.1. The van der Waals surface area contributed by atoms with Crippen LogP contribution in [-0.2, 0) is 11.3 Å². The zero-order chi connectivity index (χ0) is 21.0. The first kappa shape index (κ1) is 20.6. The quantitative estimate of drug-likeness (QED) is 0.550. The Kier molecular flexibility index (Phi) is 6.37. The van der Waals surface area contributed by atoms with Crippen LogP contribution in [0.2, 0.25) is 0 Å². The van der Waals surface area contributed by atoms with Crippen LogP contribution < -0.4 is 10.1 Å². The van der Waals surface area contributed by atoms with Crippen LogP contribution in [-0.4, -0.2) is 22.1 Å². The molecule has 5 nitrogen and oxygen atoms in total. The molecule has 0 saturated carbocycles. The summed E-state index contributed by atoms with van der Waals surface area (Å²) in [4.78, 5) is 16.8. The first-order valence-corrected chi connectivity index (χ1v) is 10.0. The Morgan fingerprint density at radius 2 is 1.83 bits per heavy atom. The summed E-state index contributed by atoms with van der Waals surface area (Å²) in [5.41, 5.74) is 3.61. The van der Waals surface area contributed by atoms with E-state index in [1.807, 2.05) is 49.4 Å². The number of rotatable bonds is 8. The van der Waals surface area contributed by atoms with Crippen LogP contribution in [0, 0.1) is 0 Å². The van der Waals surface area contributed by atoms with Gasteiger partial charge in [-0.3, -0.25) is 4.79 Å². The van der Waals surface area contributed by atoms with Crippen LogP contribution in [0.3, 0.4) is 0 Å². The second-order valence-electron chi connectivity index (χ2n) is 7.63. The maximum Gasteiger partial charge on any atom is 0.246 e. The van der Waals surface area contributed by atoms with E-state index in [1.165, 1.54) is 5.56 Å². The van der Waals surface area contributed by atoms with E-state index in [-0.39, 0.29) is 11.9 Å². The van der Waals surface area contributed by atoms with Crippen LogP contribution in [0.5, 0.6) is 5.75 Å². The van der Waals surface area contributed by atoms with Crippen molar-refractivity contribution >= 4 is 16.9 Å². The SMILES string of the molecule is C=C(C)C(=O)NC(C)c1nc2ccccc2n1CCOc1ccccc1C(C)C. The summed E-state index contributed by atoms with van der Waals surface area (Å²) >= 11 is 0. The van der Waals surface area contributed by atoms with Crippen molar-refractivity contribution in [3.63, 3.8) is 0 Å². The average molecular weight is 392 g/mol. The van der Waals surface area contributed by atoms with Gasteiger partial charge in [-0.2, -0.15) is 0 Å². The Balaban J connectivity index is 1.83. The Morgan fingerprint density at radius 1 is 1.14 bits per heavy atom. The monoisotopic (exact) mass is 391 g/mol. The molecule has 1 amide bonds. The van der Waals surface area contributed by atoms with E-state index in [4.69, 9.17) is 9.72 Å². The number of fused-ring (bicyclic) bond motifs is 1. The molecule has 0 fully saturated rings. The van der Waals surface area contributed by atoms with Crippen molar-refractivity contribution < 1.29 is 9.53 Å². The molecule has 1 N–H and O–H groups in total. The summed E-state index contributed by atoms with van der Waals surface area (Å²) in [5, 5.41) is 2.97. The molecule has 1 unspecified atom stereocenters. The lowest BCUT2D eigenvalue weighted by atomic mass is 10.0. The van der Waals surface area contributed by atoms with Gasteiger partial charge in [0.2, 0.25) is 5.91 Å². The second-order valence-corrected chi connectivity index (χ2v) is 7.63. The number of imidazole rings is 1. The number of ether oxygens (including phenoxy) is 1. The van der Waals surface area contributed by atoms with Gasteiger partial charge >= 0.3 is 0 Å². The number of amides is 1. The molecule has 0 aliphatic carbocycles. The lowest BCUT2D eigenvalue weighted by Gasteiger charge is -2.18. The number of para-hydroxylation sites is 3. The van der Waals surface area contributed by atoms with Gasteiger partial charge in [0.05, 0.1) is 23.6 Å². The molecule has 0 radical (unpaired) electrons. The third-order valence-corrected chi connectivity index (χ3v) is 4.92. The van der Waals surface area contributed by atoms with Gasteiger partial charge in [-0.05, 0) is 43.5 Å². The predicted octanol–water partition coefficient (Wildman–Crippen LogP) is 4.99. The molecule has 2 aromatic carbocycles. The van der Waals surface area contributed by atoms with Crippen LogP contribution >= 0.6 is 0 Å². The van der Waals surface area contributed by atoms with Crippen molar-refractivity contribution in [2.24, 2.45) is 0 Å². The van der Waals surface area contributed by atoms with E-state index >= 15 is 0 Å². The second kappa shape index (κ2) is 8.95. The minimum Gasteiger partial charge on any atom is -0.491 e. The lowest BCUT2D eigenvalue weighted by molar-refractivity contribution is -0.118. The van der Waals surface area contributed by atoms with Gasteiger partial charge in [-0.15, -0.1) is 0 Å². The number of hydrogen-bond donors (Lipinski definition) is 1. The highest BCUT2D eigenvalue weighted by molar-refractivity contribution is 5.92. The molecule has 1 aromatic heterocycles. The minimum atomic E-state index is -0.241.